The number of fused-ring (bicyclic) bond motifs is 5. The van der Waals surface area contributed by atoms with E-state index < -0.39 is 23.9 Å². The van der Waals surface area contributed by atoms with Gasteiger partial charge < -0.3 is 14.4 Å². The van der Waals surface area contributed by atoms with Crippen LogP contribution in [0.2, 0.25) is 0 Å². The third-order valence-corrected chi connectivity index (χ3v) is 6.05. The van der Waals surface area contributed by atoms with Crippen molar-refractivity contribution in [2.24, 2.45) is 5.92 Å². The average Bonchev–Trinajstić information content (AvgIpc) is 3.22. The van der Waals surface area contributed by atoms with E-state index in [2.05, 4.69) is 4.98 Å². The van der Waals surface area contributed by atoms with Crippen molar-refractivity contribution in [3.8, 4) is 0 Å². The molecular weight excluding hydrogens is 420 g/mol. The maximum atomic E-state index is 13.8. The minimum absolute atomic E-state index is 0.0198. The van der Waals surface area contributed by atoms with Gasteiger partial charge in [0.15, 0.2) is 0 Å². The Labute approximate surface area is 189 Å². The molecule has 3 heterocycles. The maximum Gasteiger partial charge on any atom is 0.336 e. The number of nitrogens with zero attached hydrogens (tertiary/aromatic N) is 2. The SMILES string of the molecule is COC(=O)C1=C(C(=O)c2ccccc2)N2c3c(ccc4cccnc34)C=C[C@H]2[C@H]1C(=O)OC. The van der Waals surface area contributed by atoms with Crippen molar-refractivity contribution in [1.82, 2.24) is 4.98 Å². The minimum atomic E-state index is -1.03. The van der Waals surface area contributed by atoms with Gasteiger partial charge in [-0.1, -0.05) is 60.7 Å². The van der Waals surface area contributed by atoms with Crippen LogP contribution in [0.4, 0.5) is 5.69 Å². The molecule has 33 heavy (non-hydrogen) atoms. The zero-order chi connectivity index (χ0) is 23.1. The number of hydrogen-bond acceptors (Lipinski definition) is 7. The number of ketones is 1. The second-order valence-corrected chi connectivity index (χ2v) is 7.75. The van der Waals surface area contributed by atoms with Gasteiger partial charge in [0.05, 0.1) is 37.0 Å². The van der Waals surface area contributed by atoms with Crippen LogP contribution in [0.1, 0.15) is 15.9 Å². The Morgan fingerprint density at radius 1 is 0.939 bits per heavy atom. The van der Waals surface area contributed by atoms with Gasteiger partial charge in [-0.2, -0.15) is 0 Å². The molecule has 0 aliphatic carbocycles. The Kier molecular flexibility index (Phi) is 5.01. The molecule has 0 N–H and O–H groups in total. The standard InChI is InChI=1S/C26H20N2O5/c1-32-25(30)19-18-13-12-16-11-10-15-9-6-14-27-21(15)22(16)28(18)23(20(19)26(31)33-2)24(29)17-7-4-3-5-8-17/h3-14,18-19H,1-2H3/t18-,19+/m0/s1. The molecule has 2 aliphatic rings. The van der Waals surface area contributed by atoms with Gasteiger partial charge in [0.1, 0.15) is 11.6 Å². The van der Waals surface area contributed by atoms with E-state index in [-0.39, 0.29) is 17.1 Å². The molecule has 7 heteroatoms. The number of esters is 2. The largest absolute Gasteiger partial charge is 0.468 e. The van der Waals surface area contributed by atoms with Crippen molar-refractivity contribution >= 4 is 40.4 Å². The van der Waals surface area contributed by atoms with Gasteiger partial charge in [-0.05, 0) is 6.07 Å². The zero-order valence-electron chi connectivity index (χ0n) is 18.0. The van der Waals surface area contributed by atoms with Gasteiger partial charge in [0.25, 0.3) is 0 Å². The molecule has 3 aromatic rings. The molecule has 0 saturated heterocycles. The molecule has 1 aromatic heterocycles. The molecule has 164 valence electrons. The summed E-state index contributed by atoms with van der Waals surface area (Å²) in [7, 11) is 2.49. The average molecular weight is 440 g/mol. The highest BCUT2D eigenvalue weighted by atomic mass is 16.5. The van der Waals surface area contributed by atoms with E-state index in [1.54, 1.807) is 41.4 Å². The summed E-state index contributed by atoms with van der Waals surface area (Å²) in [6, 6.07) is 15.6. The summed E-state index contributed by atoms with van der Waals surface area (Å²) in [6.45, 7) is 0. The van der Waals surface area contributed by atoms with Crippen molar-refractivity contribution in [2.45, 2.75) is 6.04 Å². The molecule has 7 nitrogen and oxygen atoms in total. The van der Waals surface area contributed by atoms with Crippen LogP contribution < -0.4 is 4.90 Å². The smallest absolute Gasteiger partial charge is 0.336 e. The lowest BCUT2D eigenvalue weighted by molar-refractivity contribution is -0.147. The molecule has 2 aliphatic heterocycles. The summed E-state index contributed by atoms with van der Waals surface area (Å²) in [6.07, 6.45) is 5.37. The normalized spacial score (nSPS) is 18.7. The summed E-state index contributed by atoms with van der Waals surface area (Å²) in [5, 5.41) is 0.873. The summed E-state index contributed by atoms with van der Waals surface area (Å²) in [5.41, 5.74) is 2.61. The monoisotopic (exact) mass is 440 g/mol. The maximum absolute atomic E-state index is 13.8. The van der Waals surface area contributed by atoms with Crippen LogP contribution in [0.5, 0.6) is 0 Å². The molecule has 0 radical (unpaired) electrons. The van der Waals surface area contributed by atoms with Gasteiger partial charge in [0.2, 0.25) is 5.78 Å². The van der Waals surface area contributed by atoms with Gasteiger partial charge in [-0.25, -0.2) is 4.79 Å². The van der Waals surface area contributed by atoms with Crippen molar-refractivity contribution < 1.29 is 23.9 Å². The number of methoxy groups -OCH3 is 2. The number of carbonyl (C=O) groups is 3. The number of hydrogen-bond donors (Lipinski definition) is 0. The topological polar surface area (TPSA) is 85.8 Å². The summed E-state index contributed by atoms with van der Waals surface area (Å²) in [4.78, 5) is 46.1. The lowest BCUT2D eigenvalue weighted by Gasteiger charge is -2.34. The minimum Gasteiger partial charge on any atom is -0.468 e. The van der Waals surface area contributed by atoms with Crippen LogP contribution in [-0.2, 0) is 19.1 Å². The predicted molar refractivity (Wildman–Crippen MR) is 122 cm³/mol. The third kappa shape index (κ3) is 3.12. The van der Waals surface area contributed by atoms with Crippen LogP contribution in [-0.4, -0.2) is 43.0 Å². The molecule has 0 unspecified atom stereocenters. The number of aromatic nitrogens is 1. The van der Waals surface area contributed by atoms with Crippen LogP contribution in [0.25, 0.3) is 17.0 Å². The van der Waals surface area contributed by atoms with Crippen molar-refractivity contribution in [1.29, 1.82) is 0 Å². The Hall–Kier alpha value is -4.26. The van der Waals surface area contributed by atoms with E-state index in [4.69, 9.17) is 9.47 Å². The number of Topliss-reactive ketones (excluding diaryl/α,β-unsaturated/α-hetero) is 1. The Morgan fingerprint density at radius 3 is 2.45 bits per heavy atom. The Bertz CT molecular complexity index is 1360. The summed E-state index contributed by atoms with van der Waals surface area (Å²) >= 11 is 0. The first-order valence-corrected chi connectivity index (χ1v) is 10.4. The highest BCUT2D eigenvalue weighted by molar-refractivity contribution is 6.19. The van der Waals surface area contributed by atoms with Crippen LogP contribution in [0.15, 0.2) is 78.1 Å². The number of ether oxygens (including phenoxy) is 2. The Morgan fingerprint density at radius 2 is 1.73 bits per heavy atom. The van der Waals surface area contributed by atoms with Crippen LogP contribution in [0, 0.1) is 5.92 Å². The van der Waals surface area contributed by atoms with Gasteiger partial charge in [-0.15, -0.1) is 0 Å². The van der Waals surface area contributed by atoms with E-state index in [9.17, 15) is 14.4 Å². The molecular formula is C26H20N2O5. The Balaban J connectivity index is 1.84. The van der Waals surface area contributed by atoms with E-state index in [0.717, 1.165) is 10.9 Å². The summed E-state index contributed by atoms with van der Waals surface area (Å²) in [5.74, 6) is -2.79. The van der Waals surface area contributed by atoms with E-state index >= 15 is 0 Å². The number of benzene rings is 2. The molecule has 0 spiro atoms. The number of anilines is 1. The van der Waals surface area contributed by atoms with E-state index in [0.29, 0.717) is 16.8 Å². The second kappa shape index (κ2) is 8.02. The van der Waals surface area contributed by atoms with Crippen LogP contribution in [0.3, 0.4) is 0 Å². The van der Waals surface area contributed by atoms with Gasteiger partial charge in [0, 0.05) is 22.7 Å². The highest BCUT2D eigenvalue weighted by Gasteiger charge is 2.51. The van der Waals surface area contributed by atoms with Crippen molar-refractivity contribution in [3.05, 3.63) is 89.3 Å². The molecule has 2 aromatic carbocycles. The van der Waals surface area contributed by atoms with Gasteiger partial charge >= 0.3 is 11.9 Å². The zero-order valence-corrected chi connectivity index (χ0v) is 18.0. The van der Waals surface area contributed by atoms with Crippen LogP contribution >= 0.6 is 0 Å². The number of pyridine rings is 1. The fraction of sp³-hybridized carbons (Fsp3) is 0.154. The highest BCUT2D eigenvalue weighted by Crippen LogP contribution is 2.47. The first kappa shape index (κ1) is 20.6. The lowest BCUT2D eigenvalue weighted by Crippen LogP contribution is -2.39. The molecule has 5 rings (SSSR count). The first-order chi connectivity index (χ1) is 16.1. The number of rotatable bonds is 4. The predicted octanol–water partition coefficient (Wildman–Crippen LogP) is 3.55. The molecule has 2 atom stereocenters. The third-order valence-electron chi connectivity index (χ3n) is 6.05. The quantitative estimate of drug-likeness (QED) is 0.453. The summed E-state index contributed by atoms with van der Waals surface area (Å²) < 4.78 is 10.1. The van der Waals surface area contributed by atoms with E-state index in [1.807, 2.05) is 36.4 Å². The molecule has 0 saturated carbocycles. The van der Waals surface area contributed by atoms with Crippen molar-refractivity contribution in [3.63, 3.8) is 0 Å². The number of allylic oxidation sites excluding steroid dienone is 1. The lowest BCUT2D eigenvalue weighted by atomic mass is 9.91. The second-order valence-electron chi connectivity index (χ2n) is 7.75. The number of carbonyl (C=O) groups excluding carboxylic acids is 3. The fourth-order valence-corrected chi connectivity index (χ4v) is 4.62. The molecule has 0 amide bonds. The first-order valence-electron chi connectivity index (χ1n) is 10.4. The van der Waals surface area contributed by atoms with Gasteiger partial charge in [-0.3, -0.25) is 14.6 Å². The van der Waals surface area contributed by atoms with Crippen molar-refractivity contribution in [2.75, 3.05) is 19.1 Å². The fourth-order valence-electron chi connectivity index (χ4n) is 4.62. The van der Waals surface area contributed by atoms with E-state index in [1.165, 1.54) is 14.2 Å². The molecule has 0 fully saturated rings. The molecule has 0 bridgehead atoms.